The monoisotopic (exact) mass is 515 g/mol. The highest BCUT2D eigenvalue weighted by Gasteiger charge is 2.41. The van der Waals surface area contributed by atoms with Crippen molar-refractivity contribution in [3.05, 3.63) is 59.7 Å². The van der Waals surface area contributed by atoms with Crippen molar-refractivity contribution in [2.75, 3.05) is 0 Å². The van der Waals surface area contributed by atoms with Gasteiger partial charge in [-0.1, -0.05) is 48.5 Å². The van der Waals surface area contributed by atoms with Gasteiger partial charge in [0.05, 0.1) is 11.8 Å². The summed E-state index contributed by atoms with van der Waals surface area (Å²) in [5, 5.41) is 11.9. The van der Waals surface area contributed by atoms with E-state index in [0.29, 0.717) is 16.7 Å². The first-order valence-corrected chi connectivity index (χ1v) is 11.1. The fraction of sp³-hybridized carbons (Fsp3) is 0.400. The number of fused-ring (bicyclic) bond motifs is 3. The number of carbonyl (C=O) groups is 3. The normalized spacial score (nSPS) is 17.4. The van der Waals surface area contributed by atoms with Gasteiger partial charge >= 0.3 is 18.3 Å². The fourth-order valence-corrected chi connectivity index (χ4v) is 4.45. The number of hydrogen-bond donors (Lipinski definition) is 2. The van der Waals surface area contributed by atoms with Crippen molar-refractivity contribution in [1.82, 2.24) is 5.32 Å². The minimum Gasteiger partial charge on any atom is -0.481 e. The SMILES string of the molecule is O=C1Cc2ccccc2-c2ccccc2[C@@H]1NC(=O)[C@H](CCC(F)(F)F)[C@H](CCC(F)(F)F)C(=O)O. The molecule has 3 rings (SSSR count). The highest BCUT2D eigenvalue weighted by Crippen LogP contribution is 2.37. The number of carboxylic acid groups (broad SMARTS) is 1. The van der Waals surface area contributed by atoms with E-state index in [1.54, 1.807) is 48.5 Å². The summed E-state index contributed by atoms with van der Waals surface area (Å²) < 4.78 is 77.1. The van der Waals surface area contributed by atoms with Crippen LogP contribution in [0.2, 0.25) is 0 Å². The Balaban J connectivity index is 1.95. The van der Waals surface area contributed by atoms with Gasteiger partial charge in [-0.25, -0.2) is 0 Å². The molecule has 1 aliphatic carbocycles. The molecule has 0 fully saturated rings. The van der Waals surface area contributed by atoms with Crippen molar-refractivity contribution in [1.29, 1.82) is 0 Å². The van der Waals surface area contributed by atoms with E-state index >= 15 is 0 Å². The molecular formula is C25H23F6NO4. The summed E-state index contributed by atoms with van der Waals surface area (Å²) in [7, 11) is 0. The topological polar surface area (TPSA) is 83.5 Å². The molecule has 0 bridgehead atoms. The van der Waals surface area contributed by atoms with Crippen LogP contribution in [0.3, 0.4) is 0 Å². The van der Waals surface area contributed by atoms with Gasteiger partial charge in [0.1, 0.15) is 6.04 Å². The van der Waals surface area contributed by atoms with Crippen LogP contribution in [0.15, 0.2) is 48.5 Å². The van der Waals surface area contributed by atoms with Crippen LogP contribution in [-0.4, -0.2) is 35.1 Å². The van der Waals surface area contributed by atoms with Gasteiger partial charge in [0.25, 0.3) is 0 Å². The first kappa shape index (κ1) is 27.2. The lowest BCUT2D eigenvalue weighted by atomic mass is 9.83. The van der Waals surface area contributed by atoms with Crippen LogP contribution in [-0.2, 0) is 20.8 Å². The molecule has 2 aromatic rings. The maximum absolute atomic E-state index is 13.2. The third-order valence-electron chi connectivity index (χ3n) is 6.17. The van der Waals surface area contributed by atoms with E-state index < -0.39 is 73.6 Å². The summed E-state index contributed by atoms with van der Waals surface area (Å²) in [4.78, 5) is 38.0. The molecule has 194 valence electrons. The van der Waals surface area contributed by atoms with Crippen LogP contribution < -0.4 is 5.32 Å². The summed E-state index contributed by atoms with van der Waals surface area (Å²) in [6, 6.07) is 12.2. The number of halogens is 6. The lowest BCUT2D eigenvalue weighted by molar-refractivity contribution is -0.159. The summed E-state index contributed by atoms with van der Waals surface area (Å²) in [5.74, 6) is -7.48. The molecule has 11 heteroatoms. The largest absolute Gasteiger partial charge is 0.481 e. The van der Waals surface area contributed by atoms with Crippen LogP contribution in [0.4, 0.5) is 26.3 Å². The highest BCUT2D eigenvalue weighted by molar-refractivity contribution is 5.97. The van der Waals surface area contributed by atoms with Gasteiger partial charge in [-0.15, -0.1) is 0 Å². The Bertz CT molecular complexity index is 1130. The van der Waals surface area contributed by atoms with E-state index in [1.807, 2.05) is 0 Å². The summed E-state index contributed by atoms with van der Waals surface area (Å²) in [6.45, 7) is 0. The number of alkyl halides is 6. The molecule has 2 aromatic carbocycles. The maximum atomic E-state index is 13.2. The number of nitrogens with one attached hydrogen (secondary N) is 1. The maximum Gasteiger partial charge on any atom is 0.389 e. The lowest BCUT2D eigenvalue weighted by Gasteiger charge is -2.27. The summed E-state index contributed by atoms with van der Waals surface area (Å²) in [5.41, 5.74) is 2.34. The lowest BCUT2D eigenvalue weighted by Crippen LogP contribution is -2.43. The Morgan fingerprint density at radius 1 is 0.861 bits per heavy atom. The molecule has 1 aliphatic rings. The molecule has 0 aromatic heterocycles. The van der Waals surface area contributed by atoms with E-state index in [4.69, 9.17) is 0 Å². The van der Waals surface area contributed by atoms with Gasteiger partial charge in [0, 0.05) is 19.3 Å². The second-order valence-electron chi connectivity index (χ2n) is 8.69. The molecule has 0 spiro atoms. The van der Waals surface area contributed by atoms with Crippen LogP contribution >= 0.6 is 0 Å². The van der Waals surface area contributed by atoms with Crippen LogP contribution in [0.1, 0.15) is 42.9 Å². The smallest absolute Gasteiger partial charge is 0.389 e. The van der Waals surface area contributed by atoms with Gasteiger partial charge in [0.15, 0.2) is 5.78 Å². The van der Waals surface area contributed by atoms with Gasteiger partial charge in [-0.3, -0.25) is 14.4 Å². The predicted octanol–water partition coefficient (Wildman–Crippen LogP) is 5.64. The second-order valence-corrected chi connectivity index (χ2v) is 8.69. The third kappa shape index (κ3) is 6.86. The Morgan fingerprint density at radius 2 is 1.39 bits per heavy atom. The quantitative estimate of drug-likeness (QED) is 0.446. The number of benzene rings is 2. The Kier molecular flexibility index (Phi) is 8.10. The summed E-state index contributed by atoms with van der Waals surface area (Å²) >= 11 is 0. The average molecular weight is 515 g/mol. The zero-order valence-corrected chi connectivity index (χ0v) is 18.8. The molecule has 5 nitrogen and oxygen atoms in total. The first-order valence-electron chi connectivity index (χ1n) is 11.1. The number of rotatable bonds is 8. The number of aliphatic carboxylic acids is 1. The van der Waals surface area contributed by atoms with Gasteiger partial charge < -0.3 is 10.4 Å². The van der Waals surface area contributed by atoms with E-state index in [2.05, 4.69) is 5.32 Å². The van der Waals surface area contributed by atoms with Crippen molar-refractivity contribution < 1.29 is 45.8 Å². The molecule has 0 radical (unpaired) electrons. The molecule has 2 N–H and O–H groups in total. The second kappa shape index (κ2) is 10.7. The highest BCUT2D eigenvalue weighted by atomic mass is 19.4. The summed E-state index contributed by atoms with van der Waals surface area (Å²) in [6.07, 6.45) is -14.9. The van der Waals surface area contributed by atoms with Crippen molar-refractivity contribution in [3.8, 4) is 11.1 Å². The number of hydrogen-bond acceptors (Lipinski definition) is 3. The molecule has 0 saturated heterocycles. The standard InChI is InChI=1S/C25H23F6NO4/c26-24(27,28)11-9-18(19(23(35)36)10-12-25(29,30)31)22(34)32-21-17-8-4-3-7-16(17)15-6-2-1-5-14(15)13-20(21)33/h1-8,18-19,21H,9-13H2,(H,32,34)(H,35,36)/t18-,19+,21+/m1/s1. The van der Waals surface area contributed by atoms with Crippen molar-refractivity contribution in [2.45, 2.75) is 50.5 Å². The minimum atomic E-state index is -4.77. The molecule has 0 unspecified atom stereocenters. The Labute approximate surface area is 202 Å². The molecule has 0 heterocycles. The van der Waals surface area contributed by atoms with Crippen molar-refractivity contribution in [3.63, 3.8) is 0 Å². The number of Topliss-reactive ketones (excluding diaryl/α,β-unsaturated/α-hetero) is 1. The molecule has 1 amide bonds. The van der Waals surface area contributed by atoms with Crippen molar-refractivity contribution in [2.24, 2.45) is 11.8 Å². The fourth-order valence-electron chi connectivity index (χ4n) is 4.45. The predicted molar refractivity (Wildman–Crippen MR) is 117 cm³/mol. The van der Waals surface area contributed by atoms with E-state index in [0.717, 1.165) is 5.56 Å². The molecule has 36 heavy (non-hydrogen) atoms. The van der Waals surface area contributed by atoms with Crippen molar-refractivity contribution >= 4 is 17.7 Å². The Hall–Kier alpha value is -3.37. The first-order chi connectivity index (χ1) is 16.8. The van der Waals surface area contributed by atoms with Crippen LogP contribution in [0.25, 0.3) is 11.1 Å². The Morgan fingerprint density at radius 3 is 1.97 bits per heavy atom. The number of ketones is 1. The van der Waals surface area contributed by atoms with Crippen LogP contribution in [0.5, 0.6) is 0 Å². The molecule has 0 aliphatic heterocycles. The zero-order valence-electron chi connectivity index (χ0n) is 18.8. The third-order valence-corrected chi connectivity index (χ3v) is 6.17. The van der Waals surface area contributed by atoms with E-state index in [-0.39, 0.29) is 6.42 Å². The zero-order chi connectivity index (χ0) is 26.7. The minimum absolute atomic E-state index is 0.112. The van der Waals surface area contributed by atoms with Gasteiger partial charge in [-0.2, -0.15) is 26.3 Å². The molecule has 0 saturated carbocycles. The van der Waals surface area contributed by atoms with Crippen LogP contribution in [0, 0.1) is 11.8 Å². The molecular weight excluding hydrogens is 492 g/mol. The number of amides is 1. The van der Waals surface area contributed by atoms with Gasteiger partial charge in [-0.05, 0) is 35.1 Å². The van der Waals surface area contributed by atoms with E-state index in [9.17, 15) is 45.8 Å². The number of carbonyl (C=O) groups excluding carboxylic acids is 2. The molecule has 3 atom stereocenters. The van der Waals surface area contributed by atoms with E-state index in [1.165, 1.54) is 0 Å². The average Bonchev–Trinajstić information content (AvgIpc) is 2.89. The van der Waals surface area contributed by atoms with Gasteiger partial charge in [0.2, 0.25) is 5.91 Å². The number of carboxylic acids is 1.